The van der Waals surface area contributed by atoms with Crippen LogP contribution in [0.2, 0.25) is 0 Å². The number of benzene rings is 1. The third-order valence-electron chi connectivity index (χ3n) is 2.51. The van der Waals surface area contributed by atoms with Crippen LogP contribution in [-0.2, 0) is 16.1 Å². The molecule has 0 fully saturated rings. The van der Waals surface area contributed by atoms with E-state index >= 15 is 0 Å². The highest BCUT2D eigenvalue weighted by Crippen LogP contribution is 2.04. The largest absolute Gasteiger partial charge is 0.488 e. The standard InChI is InChI=1S/C12H16BNO4/c1-2-4-12(16)14(9-15)8-10-5-3-6-11(7-10)13(17)18/h3,5-7,9,17-18H,2,4,8H2,1H3. The minimum Gasteiger partial charge on any atom is -0.423 e. The van der Waals surface area contributed by atoms with Crippen molar-refractivity contribution in [3.8, 4) is 0 Å². The Labute approximate surface area is 106 Å². The molecule has 0 radical (unpaired) electrons. The maximum absolute atomic E-state index is 11.6. The number of nitrogens with zero attached hydrogens (tertiary/aromatic N) is 1. The summed E-state index contributed by atoms with van der Waals surface area (Å²) in [6.45, 7) is 2.01. The lowest BCUT2D eigenvalue weighted by Gasteiger charge is -2.15. The molecule has 0 aromatic heterocycles. The molecule has 0 aliphatic rings. The number of amides is 2. The maximum Gasteiger partial charge on any atom is 0.488 e. The molecule has 2 amide bonds. The topological polar surface area (TPSA) is 77.8 Å². The van der Waals surface area contributed by atoms with Crippen molar-refractivity contribution in [3.63, 3.8) is 0 Å². The van der Waals surface area contributed by atoms with Gasteiger partial charge in [-0.1, -0.05) is 31.2 Å². The van der Waals surface area contributed by atoms with E-state index in [1.54, 1.807) is 24.3 Å². The first-order valence-electron chi connectivity index (χ1n) is 5.78. The molecule has 0 spiro atoms. The number of hydrogen-bond acceptors (Lipinski definition) is 4. The van der Waals surface area contributed by atoms with Crippen molar-refractivity contribution < 1.29 is 19.6 Å². The third kappa shape index (κ3) is 3.98. The van der Waals surface area contributed by atoms with Crippen LogP contribution in [0.15, 0.2) is 24.3 Å². The Hall–Kier alpha value is -1.66. The van der Waals surface area contributed by atoms with E-state index in [-0.39, 0.29) is 12.5 Å². The van der Waals surface area contributed by atoms with Gasteiger partial charge in [0.05, 0.1) is 6.54 Å². The van der Waals surface area contributed by atoms with Crippen molar-refractivity contribution in [2.75, 3.05) is 0 Å². The number of hydrogen-bond donors (Lipinski definition) is 2. The van der Waals surface area contributed by atoms with E-state index in [1.807, 2.05) is 6.92 Å². The molecule has 6 heteroatoms. The summed E-state index contributed by atoms with van der Waals surface area (Å²) >= 11 is 0. The lowest BCUT2D eigenvalue weighted by molar-refractivity contribution is -0.138. The third-order valence-corrected chi connectivity index (χ3v) is 2.51. The summed E-state index contributed by atoms with van der Waals surface area (Å²) in [5.74, 6) is -0.234. The van der Waals surface area contributed by atoms with Gasteiger partial charge in [0.1, 0.15) is 0 Å². The number of rotatable bonds is 6. The summed E-state index contributed by atoms with van der Waals surface area (Å²) in [4.78, 5) is 23.5. The molecule has 5 nitrogen and oxygen atoms in total. The van der Waals surface area contributed by atoms with Gasteiger partial charge in [-0.15, -0.1) is 0 Å². The van der Waals surface area contributed by atoms with Gasteiger partial charge in [0.2, 0.25) is 12.3 Å². The Bertz CT molecular complexity index is 422. The van der Waals surface area contributed by atoms with Crippen LogP contribution in [0.1, 0.15) is 25.3 Å². The highest BCUT2D eigenvalue weighted by Gasteiger charge is 2.14. The van der Waals surface area contributed by atoms with E-state index in [1.165, 1.54) is 0 Å². The molecule has 0 aliphatic heterocycles. The smallest absolute Gasteiger partial charge is 0.423 e. The second-order valence-corrected chi connectivity index (χ2v) is 4.00. The molecule has 1 rings (SSSR count). The fraction of sp³-hybridized carbons (Fsp3) is 0.333. The van der Waals surface area contributed by atoms with Crippen LogP contribution in [0.5, 0.6) is 0 Å². The number of imide groups is 1. The Morgan fingerprint density at radius 3 is 2.72 bits per heavy atom. The molecule has 0 saturated carbocycles. The molecule has 0 unspecified atom stereocenters. The lowest BCUT2D eigenvalue weighted by Crippen LogP contribution is -2.32. The Morgan fingerprint density at radius 2 is 2.17 bits per heavy atom. The monoisotopic (exact) mass is 249 g/mol. The summed E-state index contributed by atoms with van der Waals surface area (Å²) < 4.78 is 0. The van der Waals surface area contributed by atoms with Gasteiger partial charge >= 0.3 is 7.12 Å². The first-order valence-corrected chi connectivity index (χ1v) is 5.78. The summed E-state index contributed by atoms with van der Waals surface area (Å²) in [7, 11) is -1.55. The molecule has 0 saturated heterocycles. The van der Waals surface area contributed by atoms with E-state index in [0.717, 1.165) is 4.90 Å². The van der Waals surface area contributed by atoms with E-state index in [2.05, 4.69) is 0 Å². The number of carbonyl (C=O) groups excluding carboxylic acids is 2. The highest BCUT2D eigenvalue weighted by molar-refractivity contribution is 6.58. The molecule has 0 bridgehead atoms. The van der Waals surface area contributed by atoms with Gasteiger partial charge in [-0.2, -0.15) is 0 Å². The van der Waals surface area contributed by atoms with Gasteiger partial charge < -0.3 is 10.0 Å². The summed E-state index contributed by atoms with van der Waals surface area (Å²) in [6.07, 6.45) is 1.50. The van der Waals surface area contributed by atoms with Crippen LogP contribution in [0, 0.1) is 0 Å². The molecule has 0 aliphatic carbocycles. The molecule has 0 heterocycles. The normalized spacial score (nSPS) is 9.94. The van der Waals surface area contributed by atoms with Gasteiger partial charge in [0, 0.05) is 6.42 Å². The van der Waals surface area contributed by atoms with Crippen molar-refractivity contribution in [1.82, 2.24) is 4.90 Å². The zero-order valence-corrected chi connectivity index (χ0v) is 10.2. The second kappa shape index (κ2) is 6.93. The van der Waals surface area contributed by atoms with Crippen molar-refractivity contribution in [3.05, 3.63) is 29.8 Å². The van der Waals surface area contributed by atoms with Crippen molar-refractivity contribution in [2.24, 2.45) is 0 Å². The zero-order chi connectivity index (χ0) is 13.5. The van der Waals surface area contributed by atoms with Crippen LogP contribution < -0.4 is 5.46 Å². The van der Waals surface area contributed by atoms with Crippen LogP contribution in [-0.4, -0.2) is 34.4 Å². The van der Waals surface area contributed by atoms with Crippen molar-refractivity contribution >= 4 is 24.9 Å². The van der Waals surface area contributed by atoms with Crippen molar-refractivity contribution in [2.45, 2.75) is 26.3 Å². The van der Waals surface area contributed by atoms with Crippen LogP contribution >= 0.6 is 0 Å². The van der Waals surface area contributed by atoms with E-state index in [9.17, 15) is 9.59 Å². The average Bonchev–Trinajstić information content (AvgIpc) is 2.36. The van der Waals surface area contributed by atoms with E-state index in [0.29, 0.717) is 30.3 Å². The summed E-state index contributed by atoms with van der Waals surface area (Å²) in [5, 5.41) is 18.1. The van der Waals surface area contributed by atoms with Gasteiger partial charge in [-0.3, -0.25) is 14.5 Å². The van der Waals surface area contributed by atoms with Crippen LogP contribution in [0.4, 0.5) is 0 Å². The minimum absolute atomic E-state index is 0.142. The Morgan fingerprint density at radius 1 is 1.44 bits per heavy atom. The fourth-order valence-corrected chi connectivity index (χ4v) is 1.59. The maximum atomic E-state index is 11.6. The summed E-state index contributed by atoms with van der Waals surface area (Å²) in [6, 6.07) is 6.49. The van der Waals surface area contributed by atoms with Gasteiger partial charge in [0.25, 0.3) is 0 Å². The van der Waals surface area contributed by atoms with E-state index < -0.39 is 7.12 Å². The predicted octanol–water partition coefficient (Wildman–Crippen LogP) is -0.348. The predicted molar refractivity (Wildman–Crippen MR) is 67.8 cm³/mol. The Kier molecular flexibility index (Phi) is 5.55. The average molecular weight is 249 g/mol. The SMILES string of the molecule is CCCC(=O)N(C=O)Cc1cccc(B(O)O)c1. The molecule has 1 aromatic carbocycles. The lowest BCUT2D eigenvalue weighted by atomic mass is 9.79. The highest BCUT2D eigenvalue weighted by atomic mass is 16.4. The van der Waals surface area contributed by atoms with Gasteiger partial charge in [-0.05, 0) is 17.4 Å². The fourth-order valence-electron chi connectivity index (χ4n) is 1.59. The molecule has 1 aromatic rings. The van der Waals surface area contributed by atoms with Gasteiger partial charge in [0.15, 0.2) is 0 Å². The Balaban J connectivity index is 2.78. The van der Waals surface area contributed by atoms with Gasteiger partial charge in [-0.25, -0.2) is 0 Å². The molecule has 2 N–H and O–H groups in total. The molecule has 0 atom stereocenters. The van der Waals surface area contributed by atoms with E-state index in [4.69, 9.17) is 10.0 Å². The molecule has 18 heavy (non-hydrogen) atoms. The molecule has 96 valence electrons. The van der Waals surface area contributed by atoms with Crippen LogP contribution in [0.25, 0.3) is 0 Å². The van der Waals surface area contributed by atoms with Crippen molar-refractivity contribution in [1.29, 1.82) is 0 Å². The molecular formula is C12H16BNO4. The first kappa shape index (κ1) is 14.4. The van der Waals surface area contributed by atoms with Crippen LogP contribution in [0.3, 0.4) is 0 Å². The second-order valence-electron chi connectivity index (χ2n) is 4.00. The summed E-state index contributed by atoms with van der Waals surface area (Å²) in [5.41, 5.74) is 1.01. The minimum atomic E-state index is -1.55. The number of carbonyl (C=O) groups is 2. The first-order chi connectivity index (χ1) is 8.58. The molecular weight excluding hydrogens is 233 g/mol. The zero-order valence-electron chi connectivity index (χ0n) is 10.2. The quantitative estimate of drug-likeness (QED) is 0.533.